The van der Waals surface area contributed by atoms with Crippen molar-refractivity contribution in [2.75, 3.05) is 5.75 Å². The maximum atomic E-state index is 13.0. The van der Waals surface area contributed by atoms with Crippen molar-refractivity contribution in [2.45, 2.75) is 19.0 Å². The Labute approximate surface area is 146 Å². The zero-order valence-corrected chi connectivity index (χ0v) is 15.3. The normalized spacial score (nSPS) is 11.0. The molecule has 3 rings (SSSR count). The SMILES string of the molecule is CCSc1nc2ccc(I)cc2c(=O)n1-c1cccc(C)c1. The predicted molar refractivity (Wildman–Crippen MR) is 101 cm³/mol. The summed E-state index contributed by atoms with van der Waals surface area (Å²) in [6.45, 7) is 4.09. The smallest absolute Gasteiger partial charge is 0.266 e. The van der Waals surface area contributed by atoms with E-state index in [2.05, 4.69) is 29.5 Å². The van der Waals surface area contributed by atoms with E-state index in [-0.39, 0.29) is 5.56 Å². The molecule has 3 aromatic rings. The van der Waals surface area contributed by atoms with Crippen LogP contribution in [0.5, 0.6) is 0 Å². The Balaban J connectivity index is 2.37. The fraction of sp³-hybridized carbons (Fsp3) is 0.176. The molecule has 0 saturated carbocycles. The van der Waals surface area contributed by atoms with Gasteiger partial charge in [0, 0.05) is 3.57 Å². The molecule has 1 heterocycles. The third-order valence-corrected chi connectivity index (χ3v) is 4.82. The van der Waals surface area contributed by atoms with Crippen LogP contribution >= 0.6 is 34.4 Å². The van der Waals surface area contributed by atoms with Gasteiger partial charge >= 0.3 is 0 Å². The van der Waals surface area contributed by atoms with Crippen LogP contribution in [-0.2, 0) is 0 Å². The molecule has 0 fully saturated rings. The summed E-state index contributed by atoms with van der Waals surface area (Å²) >= 11 is 3.81. The monoisotopic (exact) mass is 422 g/mol. The van der Waals surface area contributed by atoms with Gasteiger partial charge in [-0.15, -0.1) is 0 Å². The summed E-state index contributed by atoms with van der Waals surface area (Å²) in [6, 6.07) is 13.8. The fourth-order valence-electron chi connectivity index (χ4n) is 2.36. The molecule has 3 nitrogen and oxygen atoms in total. The van der Waals surface area contributed by atoms with Crippen molar-refractivity contribution in [3.63, 3.8) is 0 Å². The molecule has 0 aliphatic rings. The molecule has 0 N–H and O–H groups in total. The second-order valence-corrected chi connectivity index (χ2v) is 7.45. The second-order valence-electron chi connectivity index (χ2n) is 4.97. The summed E-state index contributed by atoms with van der Waals surface area (Å²) in [7, 11) is 0. The molecule has 0 aliphatic heterocycles. The lowest BCUT2D eigenvalue weighted by atomic mass is 10.2. The molecule has 0 unspecified atom stereocenters. The number of thioether (sulfide) groups is 1. The van der Waals surface area contributed by atoms with E-state index in [4.69, 9.17) is 4.98 Å². The lowest BCUT2D eigenvalue weighted by Crippen LogP contribution is -2.22. The minimum absolute atomic E-state index is 0.00920. The molecule has 112 valence electrons. The molecule has 0 saturated heterocycles. The Bertz CT molecular complexity index is 905. The summed E-state index contributed by atoms with van der Waals surface area (Å²) in [5.74, 6) is 0.869. The Morgan fingerprint density at radius 1 is 1.23 bits per heavy atom. The lowest BCUT2D eigenvalue weighted by Gasteiger charge is -2.13. The molecule has 0 aliphatic carbocycles. The van der Waals surface area contributed by atoms with Gasteiger partial charge in [0.15, 0.2) is 5.16 Å². The number of hydrogen-bond donors (Lipinski definition) is 0. The van der Waals surface area contributed by atoms with Gasteiger partial charge in [-0.25, -0.2) is 4.98 Å². The van der Waals surface area contributed by atoms with Crippen LogP contribution in [0.1, 0.15) is 12.5 Å². The quantitative estimate of drug-likeness (QED) is 0.356. The van der Waals surface area contributed by atoms with Gasteiger partial charge < -0.3 is 0 Å². The number of fused-ring (bicyclic) bond motifs is 1. The number of halogens is 1. The van der Waals surface area contributed by atoms with Gasteiger partial charge in [-0.2, -0.15) is 0 Å². The first-order valence-corrected chi connectivity index (χ1v) is 9.08. The van der Waals surface area contributed by atoms with Gasteiger partial charge in [0.05, 0.1) is 16.6 Å². The molecule has 0 spiro atoms. The van der Waals surface area contributed by atoms with Crippen molar-refractivity contribution >= 4 is 45.3 Å². The number of rotatable bonds is 3. The first kappa shape index (κ1) is 15.6. The molecule has 5 heteroatoms. The third-order valence-electron chi connectivity index (χ3n) is 3.33. The standard InChI is InChI=1S/C17H15IN2OS/c1-3-22-17-19-15-8-7-12(18)10-14(15)16(21)20(17)13-6-4-5-11(2)9-13/h4-10H,3H2,1-2H3. The van der Waals surface area contributed by atoms with E-state index in [0.29, 0.717) is 5.39 Å². The van der Waals surface area contributed by atoms with E-state index in [0.717, 1.165) is 31.2 Å². The Morgan fingerprint density at radius 2 is 2.05 bits per heavy atom. The van der Waals surface area contributed by atoms with E-state index in [1.807, 2.05) is 49.4 Å². The highest BCUT2D eigenvalue weighted by Gasteiger charge is 2.13. The molecule has 0 amide bonds. The van der Waals surface area contributed by atoms with Crippen LogP contribution < -0.4 is 5.56 Å². The largest absolute Gasteiger partial charge is 0.268 e. The van der Waals surface area contributed by atoms with Crippen molar-refractivity contribution in [3.05, 3.63) is 62.0 Å². The topological polar surface area (TPSA) is 34.9 Å². The number of aromatic nitrogens is 2. The van der Waals surface area contributed by atoms with Crippen molar-refractivity contribution in [2.24, 2.45) is 0 Å². The highest BCUT2D eigenvalue weighted by Crippen LogP contribution is 2.22. The second kappa shape index (κ2) is 6.42. The van der Waals surface area contributed by atoms with Crippen molar-refractivity contribution in [1.29, 1.82) is 0 Å². The third kappa shape index (κ3) is 2.92. The number of hydrogen-bond acceptors (Lipinski definition) is 3. The van der Waals surface area contributed by atoms with Crippen LogP contribution in [0, 0.1) is 10.5 Å². The summed E-state index contributed by atoms with van der Waals surface area (Å²) in [5, 5.41) is 1.40. The molecular weight excluding hydrogens is 407 g/mol. The van der Waals surface area contributed by atoms with Crippen LogP contribution in [-0.4, -0.2) is 15.3 Å². The van der Waals surface area contributed by atoms with Crippen LogP contribution in [0.3, 0.4) is 0 Å². The summed E-state index contributed by atoms with van der Waals surface area (Å²) in [5.41, 5.74) is 2.74. The number of aryl methyl sites for hydroxylation is 1. The van der Waals surface area contributed by atoms with Gasteiger partial charge in [-0.05, 0) is 71.2 Å². The summed E-state index contributed by atoms with van der Waals surface area (Å²) in [6.07, 6.45) is 0. The van der Waals surface area contributed by atoms with Gasteiger partial charge in [0.1, 0.15) is 0 Å². The predicted octanol–water partition coefficient (Wildman–Crippen LogP) is 4.41. The van der Waals surface area contributed by atoms with Crippen LogP contribution in [0.4, 0.5) is 0 Å². The number of nitrogens with zero attached hydrogens (tertiary/aromatic N) is 2. The Hall–Kier alpha value is -1.34. The fourth-order valence-corrected chi connectivity index (χ4v) is 3.59. The zero-order chi connectivity index (χ0) is 15.7. The molecule has 1 aromatic heterocycles. The van der Waals surface area contributed by atoms with Crippen molar-refractivity contribution < 1.29 is 0 Å². The number of benzene rings is 2. The van der Waals surface area contributed by atoms with Crippen molar-refractivity contribution in [1.82, 2.24) is 9.55 Å². The first-order chi connectivity index (χ1) is 10.6. The van der Waals surface area contributed by atoms with Gasteiger partial charge in [-0.1, -0.05) is 30.8 Å². The molecule has 22 heavy (non-hydrogen) atoms. The summed E-state index contributed by atoms with van der Waals surface area (Å²) < 4.78 is 2.76. The van der Waals surface area contributed by atoms with E-state index < -0.39 is 0 Å². The van der Waals surface area contributed by atoms with Crippen LogP contribution in [0.25, 0.3) is 16.6 Å². The van der Waals surface area contributed by atoms with Crippen molar-refractivity contribution in [3.8, 4) is 5.69 Å². The van der Waals surface area contributed by atoms with Crippen LogP contribution in [0.15, 0.2) is 52.4 Å². The van der Waals surface area contributed by atoms with E-state index in [1.165, 1.54) is 0 Å². The highest BCUT2D eigenvalue weighted by atomic mass is 127. The zero-order valence-electron chi connectivity index (χ0n) is 12.3. The first-order valence-electron chi connectivity index (χ1n) is 7.02. The van der Waals surface area contributed by atoms with Gasteiger partial charge in [-0.3, -0.25) is 9.36 Å². The van der Waals surface area contributed by atoms with E-state index in [9.17, 15) is 4.79 Å². The minimum Gasteiger partial charge on any atom is -0.268 e. The highest BCUT2D eigenvalue weighted by molar-refractivity contribution is 14.1. The molecule has 0 bridgehead atoms. The van der Waals surface area contributed by atoms with E-state index >= 15 is 0 Å². The maximum Gasteiger partial charge on any atom is 0.266 e. The van der Waals surface area contributed by atoms with E-state index in [1.54, 1.807) is 16.3 Å². The van der Waals surface area contributed by atoms with Crippen LogP contribution in [0.2, 0.25) is 0 Å². The molecular formula is C17H15IN2OS. The maximum absolute atomic E-state index is 13.0. The Kier molecular flexibility index (Phi) is 4.54. The lowest BCUT2D eigenvalue weighted by molar-refractivity contribution is 0.819. The summed E-state index contributed by atoms with van der Waals surface area (Å²) in [4.78, 5) is 17.7. The molecule has 0 radical (unpaired) electrons. The average molecular weight is 422 g/mol. The Morgan fingerprint density at radius 3 is 2.77 bits per heavy atom. The van der Waals surface area contributed by atoms with Gasteiger partial charge in [0.25, 0.3) is 5.56 Å². The average Bonchev–Trinajstić information content (AvgIpc) is 2.49. The van der Waals surface area contributed by atoms with Gasteiger partial charge in [0.2, 0.25) is 0 Å². The molecule has 2 aromatic carbocycles. The molecule has 0 atom stereocenters. The minimum atomic E-state index is -0.00920.